The average Bonchev–Trinajstić information content (AvgIpc) is 2.08. The van der Waals surface area contributed by atoms with Gasteiger partial charge in [-0.25, -0.2) is 4.39 Å². The van der Waals surface area contributed by atoms with Crippen molar-refractivity contribution in [3.63, 3.8) is 0 Å². The van der Waals surface area contributed by atoms with Crippen molar-refractivity contribution < 1.29 is 4.39 Å². The molecule has 0 amide bonds. The van der Waals surface area contributed by atoms with Gasteiger partial charge in [-0.2, -0.15) is 0 Å². The van der Waals surface area contributed by atoms with Crippen LogP contribution in [0.2, 0.25) is 5.02 Å². The normalized spacial score (nSPS) is 12.6. The molecule has 1 rings (SSSR count). The quantitative estimate of drug-likeness (QED) is 0.614. The molecule has 0 nitrogen and oxygen atoms in total. The first-order valence-electron chi connectivity index (χ1n) is 3.72. The third-order valence-electron chi connectivity index (χ3n) is 1.82. The summed E-state index contributed by atoms with van der Waals surface area (Å²) in [6.07, 6.45) is 1.80. The summed E-state index contributed by atoms with van der Waals surface area (Å²) < 4.78 is 12.7. The van der Waals surface area contributed by atoms with E-state index in [-0.39, 0.29) is 16.8 Å². The van der Waals surface area contributed by atoms with Crippen molar-refractivity contribution in [3.05, 3.63) is 47.3 Å². The van der Waals surface area contributed by atoms with Gasteiger partial charge in [-0.05, 0) is 23.6 Å². The van der Waals surface area contributed by atoms with Crippen LogP contribution in [0, 0.1) is 5.82 Å². The number of hydrogen-bond donors (Lipinski definition) is 0. The van der Waals surface area contributed by atoms with Crippen LogP contribution in [-0.4, -0.2) is 0 Å². The van der Waals surface area contributed by atoms with Gasteiger partial charge in [-0.15, -0.1) is 6.58 Å². The summed E-state index contributed by atoms with van der Waals surface area (Å²) >= 11 is 5.61. The molecule has 0 spiro atoms. The second kappa shape index (κ2) is 3.72. The van der Waals surface area contributed by atoms with E-state index >= 15 is 0 Å². The Bertz CT molecular complexity index is 294. The Morgan fingerprint density at radius 1 is 1.58 bits per heavy atom. The molecule has 1 aromatic carbocycles. The molecule has 12 heavy (non-hydrogen) atoms. The molecule has 1 unspecified atom stereocenters. The number of halogens is 2. The SMILES string of the molecule is C=CC(C)c1ccc(F)c(Cl)c1. The van der Waals surface area contributed by atoms with Crippen LogP contribution in [0.25, 0.3) is 0 Å². The van der Waals surface area contributed by atoms with E-state index in [9.17, 15) is 4.39 Å². The maximum atomic E-state index is 12.7. The molecular formula is C10H10ClF. The largest absolute Gasteiger partial charge is 0.205 e. The van der Waals surface area contributed by atoms with Crippen LogP contribution in [0.1, 0.15) is 18.4 Å². The fourth-order valence-electron chi connectivity index (χ4n) is 0.932. The van der Waals surface area contributed by atoms with Crippen molar-refractivity contribution in [1.29, 1.82) is 0 Å². The summed E-state index contributed by atoms with van der Waals surface area (Å²) in [5.41, 5.74) is 0.983. The molecule has 1 aromatic rings. The second-order valence-electron chi connectivity index (χ2n) is 2.70. The standard InChI is InChI=1S/C10H10ClF/c1-3-7(2)8-4-5-10(12)9(11)6-8/h3-7H,1H2,2H3. The van der Waals surface area contributed by atoms with E-state index in [1.54, 1.807) is 18.2 Å². The van der Waals surface area contributed by atoms with Gasteiger partial charge in [0.15, 0.2) is 0 Å². The number of benzene rings is 1. The predicted octanol–water partition coefficient (Wildman–Crippen LogP) is 3.77. The van der Waals surface area contributed by atoms with Gasteiger partial charge < -0.3 is 0 Å². The highest BCUT2D eigenvalue weighted by molar-refractivity contribution is 6.30. The zero-order chi connectivity index (χ0) is 9.14. The van der Waals surface area contributed by atoms with Crippen molar-refractivity contribution in [3.8, 4) is 0 Å². The summed E-state index contributed by atoms with van der Waals surface area (Å²) in [4.78, 5) is 0. The highest BCUT2D eigenvalue weighted by Gasteiger charge is 2.04. The van der Waals surface area contributed by atoms with Crippen molar-refractivity contribution >= 4 is 11.6 Å². The van der Waals surface area contributed by atoms with Gasteiger partial charge in [0, 0.05) is 0 Å². The van der Waals surface area contributed by atoms with Crippen molar-refractivity contribution in [2.45, 2.75) is 12.8 Å². The van der Waals surface area contributed by atoms with Gasteiger partial charge in [0.25, 0.3) is 0 Å². The van der Waals surface area contributed by atoms with Crippen molar-refractivity contribution in [1.82, 2.24) is 0 Å². The minimum atomic E-state index is -0.378. The van der Waals surface area contributed by atoms with Gasteiger partial charge >= 0.3 is 0 Å². The molecule has 0 bridgehead atoms. The first-order chi connectivity index (χ1) is 5.65. The highest BCUT2D eigenvalue weighted by atomic mass is 35.5. The van der Waals surface area contributed by atoms with Crippen LogP contribution < -0.4 is 0 Å². The Morgan fingerprint density at radius 2 is 2.25 bits per heavy atom. The first-order valence-corrected chi connectivity index (χ1v) is 4.10. The molecule has 0 aliphatic carbocycles. The van der Waals surface area contributed by atoms with Gasteiger partial charge in [0.2, 0.25) is 0 Å². The van der Waals surface area contributed by atoms with Crippen LogP contribution in [0.15, 0.2) is 30.9 Å². The minimum absolute atomic E-state index is 0.168. The van der Waals surface area contributed by atoms with Gasteiger partial charge in [0.05, 0.1) is 5.02 Å². The van der Waals surface area contributed by atoms with Crippen LogP contribution in [0.5, 0.6) is 0 Å². The fourth-order valence-corrected chi connectivity index (χ4v) is 1.12. The highest BCUT2D eigenvalue weighted by Crippen LogP contribution is 2.22. The van der Waals surface area contributed by atoms with Crippen LogP contribution in [-0.2, 0) is 0 Å². The summed E-state index contributed by atoms with van der Waals surface area (Å²) in [5, 5.41) is 0.168. The second-order valence-corrected chi connectivity index (χ2v) is 3.11. The molecule has 64 valence electrons. The minimum Gasteiger partial charge on any atom is -0.205 e. The molecule has 0 N–H and O–H groups in total. The summed E-state index contributed by atoms with van der Waals surface area (Å²) in [6.45, 7) is 5.63. The predicted molar refractivity (Wildman–Crippen MR) is 50.0 cm³/mol. The maximum Gasteiger partial charge on any atom is 0.141 e. The van der Waals surface area contributed by atoms with E-state index < -0.39 is 0 Å². The topological polar surface area (TPSA) is 0 Å². The Balaban J connectivity index is 3.04. The Morgan fingerprint density at radius 3 is 2.75 bits per heavy atom. The molecule has 0 fully saturated rings. The van der Waals surface area contributed by atoms with Gasteiger partial charge in [-0.1, -0.05) is 30.7 Å². The van der Waals surface area contributed by atoms with Gasteiger partial charge in [-0.3, -0.25) is 0 Å². The van der Waals surface area contributed by atoms with E-state index in [2.05, 4.69) is 6.58 Å². The zero-order valence-corrected chi connectivity index (χ0v) is 7.61. The lowest BCUT2D eigenvalue weighted by atomic mass is 10.0. The Labute approximate surface area is 76.7 Å². The van der Waals surface area contributed by atoms with Gasteiger partial charge in [0.1, 0.15) is 5.82 Å². The third kappa shape index (κ3) is 1.86. The summed E-state index contributed by atoms with van der Waals surface area (Å²) in [6, 6.07) is 4.72. The number of hydrogen-bond acceptors (Lipinski definition) is 0. The van der Waals surface area contributed by atoms with E-state index in [0.29, 0.717) is 0 Å². The molecule has 0 saturated heterocycles. The molecule has 2 heteroatoms. The zero-order valence-electron chi connectivity index (χ0n) is 6.85. The average molecular weight is 185 g/mol. The van der Waals surface area contributed by atoms with E-state index in [1.807, 2.05) is 6.92 Å². The van der Waals surface area contributed by atoms with E-state index in [0.717, 1.165) is 5.56 Å². The molecular weight excluding hydrogens is 175 g/mol. The van der Waals surface area contributed by atoms with Crippen LogP contribution in [0.3, 0.4) is 0 Å². The summed E-state index contributed by atoms with van der Waals surface area (Å²) in [7, 11) is 0. The number of rotatable bonds is 2. The molecule has 1 atom stereocenters. The fraction of sp³-hybridized carbons (Fsp3) is 0.200. The first kappa shape index (κ1) is 9.27. The lowest BCUT2D eigenvalue weighted by Crippen LogP contribution is -1.89. The molecule has 0 radical (unpaired) electrons. The van der Waals surface area contributed by atoms with Crippen molar-refractivity contribution in [2.24, 2.45) is 0 Å². The summed E-state index contributed by atoms with van der Waals surface area (Å²) in [5.74, 6) is -0.167. The molecule has 0 aliphatic rings. The Hall–Kier alpha value is -0.820. The molecule has 0 saturated carbocycles. The van der Waals surface area contributed by atoms with Crippen LogP contribution >= 0.6 is 11.6 Å². The monoisotopic (exact) mass is 184 g/mol. The molecule has 0 heterocycles. The lowest BCUT2D eigenvalue weighted by molar-refractivity contribution is 0.627. The number of allylic oxidation sites excluding steroid dienone is 1. The van der Waals surface area contributed by atoms with E-state index in [4.69, 9.17) is 11.6 Å². The molecule has 0 aliphatic heterocycles. The Kier molecular flexibility index (Phi) is 2.88. The third-order valence-corrected chi connectivity index (χ3v) is 2.11. The lowest BCUT2D eigenvalue weighted by Gasteiger charge is -2.06. The van der Waals surface area contributed by atoms with E-state index in [1.165, 1.54) is 6.07 Å². The smallest absolute Gasteiger partial charge is 0.141 e. The maximum absolute atomic E-state index is 12.7. The van der Waals surface area contributed by atoms with Crippen LogP contribution in [0.4, 0.5) is 4.39 Å². The molecule has 0 aromatic heterocycles. The van der Waals surface area contributed by atoms with Crippen molar-refractivity contribution in [2.75, 3.05) is 0 Å².